The predicted molar refractivity (Wildman–Crippen MR) is 153 cm³/mol. The molecule has 0 fully saturated rings. The maximum atomic E-state index is 4.57. The zero-order chi connectivity index (χ0) is 23.6. The molecule has 8 aromatic rings. The summed E-state index contributed by atoms with van der Waals surface area (Å²) in [6.07, 6.45) is 3.50. The molecule has 1 aromatic heterocycles. The predicted octanol–water partition coefficient (Wildman–Crippen LogP) is 9.06. The average Bonchev–Trinajstić information content (AvgIpc) is 2.95. The van der Waals surface area contributed by atoms with Gasteiger partial charge < -0.3 is 0 Å². The van der Waals surface area contributed by atoms with Crippen LogP contribution in [-0.4, -0.2) is 9.97 Å². The zero-order valence-electron chi connectivity index (χ0n) is 19.4. The van der Waals surface area contributed by atoms with Gasteiger partial charge in [-0.05, 0) is 95.3 Å². The molecule has 8 rings (SSSR count). The maximum Gasteiger partial charge on any atom is 0.0892 e. The number of hydrogen-bond acceptors (Lipinski definition) is 2. The molecular weight excluding hydrogens is 436 g/mol. The van der Waals surface area contributed by atoms with Crippen molar-refractivity contribution < 1.29 is 0 Å². The van der Waals surface area contributed by atoms with E-state index in [1.807, 2.05) is 0 Å². The van der Waals surface area contributed by atoms with Crippen LogP contribution in [0.3, 0.4) is 0 Å². The van der Waals surface area contributed by atoms with Crippen LogP contribution in [0.15, 0.2) is 122 Å². The zero-order valence-corrected chi connectivity index (χ0v) is 19.4. The van der Waals surface area contributed by atoms with E-state index in [1.54, 1.807) is 12.4 Å². The lowest BCUT2D eigenvalue weighted by atomic mass is 9.86. The highest BCUT2D eigenvalue weighted by Gasteiger charge is 2.16. The van der Waals surface area contributed by atoms with Gasteiger partial charge in [-0.25, -0.2) is 0 Å². The third-order valence-corrected chi connectivity index (χ3v) is 7.49. The van der Waals surface area contributed by atoms with Crippen molar-refractivity contribution in [1.29, 1.82) is 0 Å². The van der Waals surface area contributed by atoms with Crippen LogP contribution in [0.4, 0.5) is 0 Å². The number of aromatic nitrogens is 2. The standard InChI is InChI=1S/C34H20N2/c1-2-8-22-18-30-29(17-21(22)7-1)24-9-3-4-10-25(24)31-20-28(26-11-5-6-12-27(26)34(30)31)23-13-14-32-33(19-23)36-16-15-35-32/h1-20H. The SMILES string of the molecule is c1ccc2cc3c(cc2c1)c1ccccc1c1cc(-c2ccc4nccnc4c2)c2ccccc2c13. The van der Waals surface area contributed by atoms with Crippen LogP contribution in [0.25, 0.3) is 76.0 Å². The van der Waals surface area contributed by atoms with Crippen LogP contribution >= 0.6 is 0 Å². The summed E-state index contributed by atoms with van der Waals surface area (Å²) >= 11 is 0. The van der Waals surface area contributed by atoms with Crippen LogP contribution < -0.4 is 0 Å². The molecule has 2 nitrogen and oxygen atoms in total. The molecule has 0 spiro atoms. The Balaban J connectivity index is 1.60. The largest absolute Gasteiger partial charge is 0.253 e. The van der Waals surface area contributed by atoms with Gasteiger partial charge in [0.05, 0.1) is 11.0 Å². The van der Waals surface area contributed by atoms with Crippen molar-refractivity contribution in [1.82, 2.24) is 9.97 Å². The van der Waals surface area contributed by atoms with Crippen molar-refractivity contribution >= 4 is 64.9 Å². The third-order valence-electron chi connectivity index (χ3n) is 7.49. The van der Waals surface area contributed by atoms with E-state index in [9.17, 15) is 0 Å². The van der Waals surface area contributed by atoms with Crippen molar-refractivity contribution in [3.63, 3.8) is 0 Å². The van der Waals surface area contributed by atoms with E-state index in [0.29, 0.717) is 0 Å². The molecule has 7 aromatic carbocycles. The van der Waals surface area contributed by atoms with Crippen LogP contribution in [0.5, 0.6) is 0 Å². The third kappa shape index (κ3) is 2.73. The van der Waals surface area contributed by atoms with Crippen LogP contribution in [0.2, 0.25) is 0 Å². The van der Waals surface area contributed by atoms with E-state index < -0.39 is 0 Å². The summed E-state index contributed by atoms with van der Waals surface area (Å²) in [6, 6.07) is 39.8. The highest BCUT2D eigenvalue weighted by atomic mass is 14.8. The van der Waals surface area contributed by atoms with E-state index in [2.05, 4.69) is 119 Å². The number of hydrogen-bond donors (Lipinski definition) is 0. The Morgan fingerprint density at radius 2 is 0.972 bits per heavy atom. The summed E-state index contributed by atoms with van der Waals surface area (Å²) < 4.78 is 0. The van der Waals surface area contributed by atoms with Gasteiger partial charge in [-0.1, -0.05) is 78.9 Å². The monoisotopic (exact) mass is 456 g/mol. The number of nitrogens with zero attached hydrogens (tertiary/aromatic N) is 2. The first-order chi connectivity index (χ1) is 17.8. The topological polar surface area (TPSA) is 25.8 Å². The first kappa shape index (κ1) is 19.5. The second-order valence-corrected chi connectivity index (χ2v) is 9.44. The molecule has 0 bridgehead atoms. The van der Waals surface area contributed by atoms with Crippen LogP contribution in [0, 0.1) is 0 Å². The second kappa shape index (κ2) is 7.34. The molecule has 0 aliphatic heterocycles. The van der Waals surface area contributed by atoms with E-state index in [-0.39, 0.29) is 0 Å². The summed E-state index contributed by atoms with van der Waals surface area (Å²) in [7, 11) is 0. The van der Waals surface area contributed by atoms with E-state index in [0.717, 1.165) is 16.6 Å². The van der Waals surface area contributed by atoms with Crippen molar-refractivity contribution in [3.05, 3.63) is 122 Å². The Bertz CT molecular complexity index is 2160. The molecule has 0 atom stereocenters. The van der Waals surface area contributed by atoms with Gasteiger partial charge in [-0.2, -0.15) is 0 Å². The molecule has 0 radical (unpaired) electrons. The minimum atomic E-state index is 0.911. The molecule has 0 saturated carbocycles. The quantitative estimate of drug-likeness (QED) is 0.182. The maximum absolute atomic E-state index is 4.57. The summed E-state index contributed by atoms with van der Waals surface area (Å²) in [5.41, 5.74) is 4.20. The van der Waals surface area contributed by atoms with Gasteiger partial charge in [0.2, 0.25) is 0 Å². The highest BCUT2D eigenvalue weighted by molar-refractivity contribution is 6.34. The van der Waals surface area contributed by atoms with Crippen molar-refractivity contribution in [2.75, 3.05) is 0 Å². The molecule has 0 N–H and O–H groups in total. The molecule has 36 heavy (non-hydrogen) atoms. The average molecular weight is 457 g/mol. The molecule has 2 heteroatoms. The minimum absolute atomic E-state index is 0.911. The number of rotatable bonds is 1. The van der Waals surface area contributed by atoms with Gasteiger partial charge >= 0.3 is 0 Å². The molecule has 0 unspecified atom stereocenters. The molecule has 0 saturated heterocycles. The van der Waals surface area contributed by atoms with Gasteiger partial charge in [-0.3, -0.25) is 9.97 Å². The van der Waals surface area contributed by atoms with E-state index in [4.69, 9.17) is 0 Å². The Kier molecular flexibility index (Phi) is 3.97. The first-order valence-corrected chi connectivity index (χ1v) is 12.2. The van der Waals surface area contributed by atoms with Gasteiger partial charge in [-0.15, -0.1) is 0 Å². The molecule has 1 heterocycles. The second-order valence-electron chi connectivity index (χ2n) is 9.44. The van der Waals surface area contributed by atoms with Crippen molar-refractivity contribution in [2.24, 2.45) is 0 Å². The van der Waals surface area contributed by atoms with Crippen LogP contribution in [-0.2, 0) is 0 Å². The molecule has 0 aliphatic carbocycles. The number of benzene rings is 7. The van der Waals surface area contributed by atoms with Gasteiger partial charge in [0.1, 0.15) is 0 Å². The smallest absolute Gasteiger partial charge is 0.0892 e. The summed E-state index contributed by atoms with van der Waals surface area (Å²) in [4.78, 5) is 9.03. The lowest BCUT2D eigenvalue weighted by molar-refractivity contribution is 1.29. The van der Waals surface area contributed by atoms with Crippen molar-refractivity contribution in [2.45, 2.75) is 0 Å². The van der Waals surface area contributed by atoms with Gasteiger partial charge in [0, 0.05) is 12.4 Å². The molecule has 0 amide bonds. The van der Waals surface area contributed by atoms with Gasteiger partial charge in [0.15, 0.2) is 0 Å². The lowest BCUT2D eigenvalue weighted by Gasteiger charge is -2.17. The molecular formula is C34H20N2. The Morgan fingerprint density at radius 3 is 1.75 bits per heavy atom. The normalized spacial score (nSPS) is 11.9. The van der Waals surface area contributed by atoms with Gasteiger partial charge in [0.25, 0.3) is 0 Å². The van der Waals surface area contributed by atoms with E-state index in [1.165, 1.54) is 59.4 Å². The highest BCUT2D eigenvalue weighted by Crippen LogP contribution is 2.43. The Labute approximate surface area is 207 Å². The van der Waals surface area contributed by atoms with E-state index >= 15 is 0 Å². The fourth-order valence-electron chi connectivity index (χ4n) is 5.87. The summed E-state index contributed by atoms with van der Waals surface area (Å²) in [6.45, 7) is 0. The van der Waals surface area contributed by atoms with Crippen molar-refractivity contribution in [3.8, 4) is 11.1 Å². The fraction of sp³-hybridized carbons (Fsp3) is 0. The lowest BCUT2D eigenvalue weighted by Crippen LogP contribution is -1.90. The molecule has 0 aliphatic rings. The first-order valence-electron chi connectivity index (χ1n) is 12.2. The summed E-state index contributed by atoms with van der Waals surface area (Å²) in [5.74, 6) is 0. The number of fused-ring (bicyclic) bond motifs is 10. The molecule has 166 valence electrons. The Hall–Kier alpha value is -4.82. The minimum Gasteiger partial charge on any atom is -0.253 e. The van der Waals surface area contributed by atoms with Crippen LogP contribution in [0.1, 0.15) is 0 Å². The summed E-state index contributed by atoms with van der Waals surface area (Å²) in [5, 5.41) is 12.8. The fourth-order valence-corrected chi connectivity index (χ4v) is 5.87. The Morgan fingerprint density at radius 1 is 0.389 bits per heavy atom.